The first-order valence-electron chi connectivity index (χ1n) is 0.783. The second-order valence-corrected chi connectivity index (χ2v) is 1.54. The van der Waals surface area contributed by atoms with E-state index in [1.807, 2.05) is 0 Å². The Labute approximate surface area is 73.9 Å². The third-order valence-electron chi connectivity index (χ3n) is 0. The van der Waals surface area contributed by atoms with Crippen molar-refractivity contribution in [3.8, 4) is 0 Å². The molecule has 0 aliphatic heterocycles. The van der Waals surface area contributed by atoms with Gasteiger partial charge in [-0.2, -0.15) is 0 Å². The van der Waals surface area contributed by atoms with E-state index < -0.39 is 7.82 Å². The van der Waals surface area contributed by atoms with Crippen molar-refractivity contribution in [1.82, 2.24) is 0 Å². The summed E-state index contributed by atoms with van der Waals surface area (Å²) in [6.45, 7) is 0. The molecule has 0 aliphatic carbocycles. The van der Waals surface area contributed by atoms with Gasteiger partial charge in [-0.15, -0.1) is 0 Å². The van der Waals surface area contributed by atoms with Crippen molar-refractivity contribution in [2.24, 2.45) is 0 Å². The zero-order valence-corrected chi connectivity index (χ0v) is 8.46. The summed E-state index contributed by atoms with van der Waals surface area (Å²) in [4.78, 5) is 21.6. The van der Waals surface area contributed by atoms with Crippen LogP contribution >= 0.6 is 7.82 Å². The minimum atomic E-state index is -4.64. The smallest absolute Gasteiger partial charge is 0.303 e. The molecule has 0 saturated heterocycles. The molecule has 0 radical (unpaired) electrons. The Bertz CT molecular complexity index is 57.8. The van der Waals surface area contributed by atoms with Gasteiger partial charge in [0.15, 0.2) is 0 Å². The summed E-state index contributed by atoms with van der Waals surface area (Å²) in [6.07, 6.45) is 0. The Hall–Kier alpha value is 1.68. The van der Waals surface area contributed by atoms with E-state index in [9.17, 15) is 0 Å². The van der Waals surface area contributed by atoms with E-state index in [1.165, 1.54) is 0 Å². The molecule has 4 nitrogen and oxygen atoms in total. The fraction of sp³-hybridized carbons (Fsp3) is 0. The van der Waals surface area contributed by atoms with E-state index in [0.29, 0.717) is 0 Å². The average Bonchev–Trinajstić information content (AvgIpc) is 0.722. The number of hydrogen-bond acceptors (Lipinski definition) is 1. The van der Waals surface area contributed by atoms with Crippen LogP contribution in [0.3, 0.4) is 0 Å². The van der Waals surface area contributed by atoms with Crippen molar-refractivity contribution < 1.29 is 66.5 Å². The van der Waals surface area contributed by atoms with E-state index in [2.05, 4.69) is 0 Å². The number of phosphoric acid groups is 1. The molecule has 42 valence electrons. The van der Waals surface area contributed by atoms with E-state index >= 15 is 0 Å². The van der Waals surface area contributed by atoms with Gasteiger partial charge in [-0.25, -0.2) is 4.57 Å². The maximum Gasteiger partial charge on any atom is 0.466 e. The Morgan fingerprint density at radius 3 is 1.14 bits per heavy atom. The molecule has 0 fully saturated rings. The van der Waals surface area contributed by atoms with Crippen LogP contribution in [0.5, 0.6) is 0 Å². The SMILES string of the molecule is O=P(O)(O)O.[Mo].[Zr]. The fourth-order valence-corrected chi connectivity index (χ4v) is 0. The molecule has 0 aromatic carbocycles. The minimum Gasteiger partial charge on any atom is -0.303 e. The number of rotatable bonds is 0. The maximum absolute atomic E-state index is 8.88. The molecule has 7 heteroatoms. The molecule has 0 rings (SSSR count). The van der Waals surface area contributed by atoms with E-state index in [-0.39, 0.29) is 47.3 Å². The van der Waals surface area contributed by atoms with Crippen LogP contribution in [0.15, 0.2) is 0 Å². The molecule has 0 aromatic heterocycles. The van der Waals surface area contributed by atoms with Crippen molar-refractivity contribution in [2.45, 2.75) is 0 Å². The zero-order chi connectivity index (χ0) is 4.50. The second-order valence-electron chi connectivity index (χ2n) is 0.513. The molecule has 0 atom stereocenters. The van der Waals surface area contributed by atoms with Gasteiger partial charge in [0.2, 0.25) is 0 Å². The first-order valence-corrected chi connectivity index (χ1v) is 2.35. The summed E-state index contributed by atoms with van der Waals surface area (Å²) in [7, 11) is -4.64. The first-order chi connectivity index (χ1) is 2.00. The molecule has 3 N–H and O–H groups in total. The van der Waals surface area contributed by atoms with Crippen molar-refractivity contribution in [3.05, 3.63) is 0 Å². The predicted molar refractivity (Wildman–Crippen MR) is 14.3 cm³/mol. The van der Waals surface area contributed by atoms with Gasteiger partial charge >= 0.3 is 7.82 Å². The largest absolute Gasteiger partial charge is 0.466 e. The van der Waals surface area contributed by atoms with Gasteiger partial charge in [0.1, 0.15) is 0 Å². The number of hydrogen-bond donors (Lipinski definition) is 3. The second kappa shape index (κ2) is 5.81. The van der Waals surface area contributed by atoms with Crippen molar-refractivity contribution in [1.29, 1.82) is 0 Å². The molecule has 0 heterocycles. The van der Waals surface area contributed by atoms with Crippen LogP contribution in [0.2, 0.25) is 0 Å². The molecule has 0 unspecified atom stereocenters. The van der Waals surface area contributed by atoms with Crippen LogP contribution in [0.25, 0.3) is 0 Å². The summed E-state index contributed by atoms with van der Waals surface area (Å²) >= 11 is 0. The molecule has 0 amide bonds. The third kappa shape index (κ3) is 87.7. The molecule has 7 heavy (non-hydrogen) atoms. The van der Waals surface area contributed by atoms with Gasteiger partial charge in [-0.05, 0) is 0 Å². The Kier molecular flexibility index (Phi) is 13.2. The third-order valence-corrected chi connectivity index (χ3v) is 0. The van der Waals surface area contributed by atoms with Crippen molar-refractivity contribution >= 4 is 7.82 Å². The fourth-order valence-electron chi connectivity index (χ4n) is 0. The van der Waals surface area contributed by atoms with Gasteiger partial charge in [0.05, 0.1) is 0 Å². The average molecular weight is 285 g/mol. The van der Waals surface area contributed by atoms with Crippen molar-refractivity contribution in [3.63, 3.8) is 0 Å². The maximum atomic E-state index is 8.88. The topological polar surface area (TPSA) is 77.8 Å². The summed E-state index contributed by atoms with van der Waals surface area (Å²) in [5, 5.41) is 0. The van der Waals surface area contributed by atoms with E-state index in [4.69, 9.17) is 19.2 Å². The van der Waals surface area contributed by atoms with Crippen LogP contribution in [0.1, 0.15) is 0 Å². The summed E-state index contributed by atoms with van der Waals surface area (Å²) in [5.41, 5.74) is 0. The molecule has 0 bridgehead atoms. The summed E-state index contributed by atoms with van der Waals surface area (Å²) < 4.78 is 8.88. The van der Waals surface area contributed by atoms with Crippen LogP contribution in [-0.2, 0) is 51.8 Å². The van der Waals surface area contributed by atoms with Gasteiger partial charge < -0.3 is 14.7 Å². The van der Waals surface area contributed by atoms with E-state index in [0.717, 1.165) is 0 Å². The summed E-state index contributed by atoms with van der Waals surface area (Å²) in [6, 6.07) is 0. The molecule has 0 saturated carbocycles. The van der Waals surface area contributed by atoms with Crippen LogP contribution < -0.4 is 0 Å². The summed E-state index contributed by atoms with van der Waals surface area (Å²) in [5.74, 6) is 0. The predicted octanol–water partition coefficient (Wildman–Crippen LogP) is -0.934. The van der Waals surface area contributed by atoms with Gasteiger partial charge in [-0.1, -0.05) is 0 Å². The van der Waals surface area contributed by atoms with Crippen molar-refractivity contribution in [2.75, 3.05) is 0 Å². The minimum absolute atomic E-state index is 0. The molecular formula is H3MoO4PZr. The van der Waals surface area contributed by atoms with E-state index in [1.54, 1.807) is 0 Å². The Balaban J connectivity index is -0.0000000800. The first kappa shape index (κ1) is 15.9. The molecule has 0 spiro atoms. The van der Waals surface area contributed by atoms with Gasteiger partial charge in [0.25, 0.3) is 0 Å². The Morgan fingerprint density at radius 2 is 1.14 bits per heavy atom. The zero-order valence-electron chi connectivity index (χ0n) is 3.11. The molecule has 0 aliphatic rings. The monoisotopic (exact) mass is 286 g/mol. The normalized spacial score (nSPS) is 8.43. The molecule has 0 aromatic rings. The van der Waals surface area contributed by atoms with Gasteiger partial charge in [-0.3, -0.25) is 0 Å². The van der Waals surface area contributed by atoms with Crippen LogP contribution in [-0.4, -0.2) is 14.7 Å². The molecular weight excluding hydrogens is 282 g/mol. The quantitative estimate of drug-likeness (QED) is 0.397. The Morgan fingerprint density at radius 1 is 1.14 bits per heavy atom. The van der Waals surface area contributed by atoms with Gasteiger partial charge in [0, 0.05) is 47.3 Å². The standard InChI is InChI=1S/Mo.H3O4P.Zr/c;1-5(2,3)4;/h;(H3,1,2,3,4);. The van der Waals surface area contributed by atoms with Crippen LogP contribution in [0.4, 0.5) is 0 Å². The van der Waals surface area contributed by atoms with Crippen LogP contribution in [0, 0.1) is 0 Å².